The summed E-state index contributed by atoms with van der Waals surface area (Å²) in [5, 5.41) is 0. The van der Waals surface area contributed by atoms with Crippen LogP contribution in [0.2, 0.25) is 0 Å². The normalized spacial score (nSPS) is 46.4. The Morgan fingerprint density at radius 3 is 2.75 bits per heavy atom. The molecule has 0 aliphatic carbocycles. The second-order valence-electron chi connectivity index (χ2n) is 7.48. The Balaban J connectivity index is 1.57. The molecule has 0 spiro atoms. The van der Waals surface area contributed by atoms with Gasteiger partial charge in [-0.25, -0.2) is 0 Å². The molecule has 0 aromatic carbocycles. The monoisotopic (exact) mass is 278 g/mol. The third-order valence-corrected chi connectivity index (χ3v) is 6.68. The molecule has 4 aliphatic heterocycles. The maximum atomic E-state index is 6.37. The topological polar surface area (TPSA) is 35.7 Å². The van der Waals surface area contributed by atoms with Gasteiger partial charge in [-0.05, 0) is 64.2 Å². The standard InChI is InChI=1S/C16H30N4/c17-13-16(5-10-18-9-4-14(16)11-18)20-8-2-7-19-6-1-3-15(19)12-20/h14-15H,1-13,17H2. The summed E-state index contributed by atoms with van der Waals surface area (Å²) in [4.78, 5) is 8.24. The van der Waals surface area contributed by atoms with E-state index in [-0.39, 0.29) is 0 Å². The van der Waals surface area contributed by atoms with Crippen molar-refractivity contribution in [3.63, 3.8) is 0 Å². The summed E-state index contributed by atoms with van der Waals surface area (Å²) in [6.07, 6.45) is 6.84. The van der Waals surface area contributed by atoms with Gasteiger partial charge in [-0.3, -0.25) is 9.80 Å². The van der Waals surface area contributed by atoms with Crippen LogP contribution in [0.15, 0.2) is 0 Å². The fourth-order valence-corrected chi connectivity index (χ4v) is 5.46. The summed E-state index contributed by atoms with van der Waals surface area (Å²) in [6, 6.07) is 0.820. The Hall–Kier alpha value is -0.160. The third kappa shape index (κ3) is 2.04. The van der Waals surface area contributed by atoms with E-state index < -0.39 is 0 Å². The molecular weight excluding hydrogens is 248 g/mol. The third-order valence-electron chi connectivity index (χ3n) is 6.68. The highest BCUT2D eigenvalue weighted by atomic mass is 15.3. The summed E-state index contributed by atoms with van der Waals surface area (Å²) >= 11 is 0. The molecule has 4 fully saturated rings. The maximum absolute atomic E-state index is 6.37. The second-order valence-corrected chi connectivity index (χ2v) is 7.48. The molecule has 114 valence electrons. The highest BCUT2D eigenvalue weighted by Gasteiger charge is 2.49. The number of fused-ring (bicyclic) bond motifs is 3. The zero-order valence-corrected chi connectivity index (χ0v) is 12.8. The molecule has 20 heavy (non-hydrogen) atoms. The SMILES string of the molecule is NCC1(N2CCCN3CCCC3C2)CCN2CCC1C2. The van der Waals surface area contributed by atoms with Gasteiger partial charge in [0.05, 0.1) is 0 Å². The fraction of sp³-hybridized carbons (Fsp3) is 1.00. The first-order valence-corrected chi connectivity index (χ1v) is 8.73. The van der Waals surface area contributed by atoms with Gasteiger partial charge in [0.2, 0.25) is 0 Å². The number of piperidine rings is 1. The van der Waals surface area contributed by atoms with E-state index in [1.807, 2.05) is 0 Å². The lowest BCUT2D eigenvalue weighted by atomic mass is 9.77. The highest BCUT2D eigenvalue weighted by Crippen LogP contribution is 2.40. The van der Waals surface area contributed by atoms with E-state index in [9.17, 15) is 0 Å². The van der Waals surface area contributed by atoms with E-state index in [1.54, 1.807) is 0 Å². The lowest BCUT2D eigenvalue weighted by Gasteiger charge is -2.50. The van der Waals surface area contributed by atoms with Gasteiger partial charge < -0.3 is 10.6 Å². The van der Waals surface area contributed by atoms with Crippen LogP contribution in [0.4, 0.5) is 0 Å². The molecule has 4 rings (SSSR count). The average Bonchev–Trinajstić information content (AvgIpc) is 3.03. The molecule has 4 atom stereocenters. The van der Waals surface area contributed by atoms with Crippen LogP contribution in [0.3, 0.4) is 0 Å². The predicted molar refractivity (Wildman–Crippen MR) is 81.7 cm³/mol. The van der Waals surface area contributed by atoms with Crippen LogP contribution in [-0.2, 0) is 0 Å². The minimum Gasteiger partial charge on any atom is -0.329 e. The first-order valence-electron chi connectivity index (χ1n) is 8.73. The van der Waals surface area contributed by atoms with Crippen molar-refractivity contribution in [1.29, 1.82) is 0 Å². The van der Waals surface area contributed by atoms with Crippen LogP contribution >= 0.6 is 0 Å². The summed E-state index contributed by atoms with van der Waals surface area (Å²) < 4.78 is 0. The molecule has 4 unspecified atom stereocenters. The largest absolute Gasteiger partial charge is 0.329 e. The average molecular weight is 278 g/mol. The van der Waals surface area contributed by atoms with Gasteiger partial charge in [-0.2, -0.15) is 0 Å². The Kier molecular flexibility index (Phi) is 3.53. The van der Waals surface area contributed by atoms with Crippen molar-refractivity contribution in [2.75, 3.05) is 52.4 Å². The quantitative estimate of drug-likeness (QED) is 0.801. The fourth-order valence-electron chi connectivity index (χ4n) is 5.46. The summed E-state index contributed by atoms with van der Waals surface area (Å²) in [7, 11) is 0. The molecule has 4 nitrogen and oxygen atoms in total. The molecule has 4 heterocycles. The molecular formula is C16H30N4. The van der Waals surface area contributed by atoms with Gasteiger partial charge in [0.25, 0.3) is 0 Å². The first-order chi connectivity index (χ1) is 9.82. The minimum absolute atomic E-state index is 0.325. The van der Waals surface area contributed by atoms with Gasteiger partial charge in [0.1, 0.15) is 0 Å². The number of nitrogens with zero attached hydrogens (tertiary/aromatic N) is 3. The summed E-state index contributed by atoms with van der Waals surface area (Å²) in [5.41, 5.74) is 6.69. The van der Waals surface area contributed by atoms with E-state index in [0.29, 0.717) is 5.54 Å². The Labute approximate surface area is 123 Å². The first kappa shape index (κ1) is 13.5. The molecule has 2 bridgehead atoms. The van der Waals surface area contributed by atoms with E-state index in [4.69, 9.17) is 5.73 Å². The molecule has 2 N–H and O–H groups in total. The smallest absolute Gasteiger partial charge is 0.0385 e. The van der Waals surface area contributed by atoms with E-state index in [2.05, 4.69) is 14.7 Å². The predicted octanol–water partition coefficient (Wildman–Crippen LogP) is 0.580. The van der Waals surface area contributed by atoms with Crippen LogP contribution < -0.4 is 5.73 Å². The van der Waals surface area contributed by atoms with Crippen LogP contribution in [0.5, 0.6) is 0 Å². The van der Waals surface area contributed by atoms with Crippen molar-refractivity contribution >= 4 is 0 Å². The lowest BCUT2D eigenvalue weighted by molar-refractivity contribution is 0.00395. The van der Waals surface area contributed by atoms with Crippen molar-refractivity contribution in [2.24, 2.45) is 11.7 Å². The summed E-state index contributed by atoms with van der Waals surface area (Å²) in [6.45, 7) is 9.99. The van der Waals surface area contributed by atoms with Crippen LogP contribution in [0.1, 0.15) is 32.1 Å². The van der Waals surface area contributed by atoms with Gasteiger partial charge in [0.15, 0.2) is 0 Å². The van der Waals surface area contributed by atoms with Crippen LogP contribution in [-0.4, -0.2) is 78.6 Å². The molecule has 0 saturated carbocycles. The second kappa shape index (κ2) is 5.24. The number of hydrogen-bond acceptors (Lipinski definition) is 4. The Bertz CT molecular complexity index is 360. The van der Waals surface area contributed by atoms with Crippen molar-refractivity contribution < 1.29 is 0 Å². The maximum Gasteiger partial charge on any atom is 0.0385 e. The zero-order valence-electron chi connectivity index (χ0n) is 12.8. The molecule has 0 amide bonds. The van der Waals surface area contributed by atoms with Gasteiger partial charge in [-0.1, -0.05) is 0 Å². The van der Waals surface area contributed by atoms with Crippen molar-refractivity contribution in [3.8, 4) is 0 Å². The van der Waals surface area contributed by atoms with Gasteiger partial charge >= 0.3 is 0 Å². The van der Waals surface area contributed by atoms with E-state index >= 15 is 0 Å². The summed E-state index contributed by atoms with van der Waals surface area (Å²) in [5.74, 6) is 0.828. The van der Waals surface area contributed by atoms with Crippen molar-refractivity contribution in [3.05, 3.63) is 0 Å². The zero-order chi connectivity index (χ0) is 13.6. The number of hydrogen-bond donors (Lipinski definition) is 1. The Morgan fingerprint density at radius 1 is 0.950 bits per heavy atom. The van der Waals surface area contributed by atoms with Crippen molar-refractivity contribution in [1.82, 2.24) is 14.7 Å². The number of rotatable bonds is 2. The molecule has 0 aromatic heterocycles. The van der Waals surface area contributed by atoms with Gasteiger partial charge in [-0.15, -0.1) is 0 Å². The van der Waals surface area contributed by atoms with Crippen LogP contribution in [0, 0.1) is 5.92 Å². The Morgan fingerprint density at radius 2 is 1.85 bits per heavy atom. The lowest BCUT2D eigenvalue weighted by Crippen LogP contribution is -2.63. The molecule has 0 aromatic rings. The molecule has 4 saturated heterocycles. The molecule has 4 aliphatic rings. The molecule has 4 heteroatoms. The molecule has 0 radical (unpaired) electrons. The number of nitrogens with two attached hydrogens (primary N) is 1. The van der Waals surface area contributed by atoms with Crippen LogP contribution in [0.25, 0.3) is 0 Å². The minimum atomic E-state index is 0.325. The van der Waals surface area contributed by atoms with E-state index in [0.717, 1.165) is 18.5 Å². The van der Waals surface area contributed by atoms with E-state index in [1.165, 1.54) is 77.9 Å². The highest BCUT2D eigenvalue weighted by molar-refractivity contribution is 5.06. The van der Waals surface area contributed by atoms with Crippen molar-refractivity contribution in [2.45, 2.75) is 43.7 Å². The van der Waals surface area contributed by atoms with Gasteiger partial charge in [0, 0.05) is 37.8 Å².